The number of methoxy groups -OCH3 is 1. The van der Waals surface area contributed by atoms with Gasteiger partial charge in [-0.3, -0.25) is 0 Å². The van der Waals surface area contributed by atoms with Crippen LogP contribution in [-0.4, -0.2) is 30.2 Å². The first-order valence-electron chi connectivity index (χ1n) is 5.28. The number of rotatable bonds is 6. The molecule has 0 saturated heterocycles. The average molecular weight is 209 g/mol. The Hall–Kier alpha value is -1.00. The fraction of sp³-hybridized carbons (Fsp3) is 0.636. The van der Waals surface area contributed by atoms with Gasteiger partial charge in [0.15, 0.2) is 0 Å². The summed E-state index contributed by atoms with van der Waals surface area (Å²) < 4.78 is 5.14. The lowest BCUT2D eigenvalue weighted by atomic mass is 10.2. The summed E-state index contributed by atoms with van der Waals surface area (Å²) in [5.74, 6) is 0.802. The van der Waals surface area contributed by atoms with Crippen LogP contribution in [0.3, 0.4) is 0 Å². The number of aryl methyl sites for hydroxylation is 1. The van der Waals surface area contributed by atoms with Gasteiger partial charge in [-0.05, 0) is 25.5 Å². The summed E-state index contributed by atoms with van der Waals surface area (Å²) in [5.41, 5.74) is 1.07. The zero-order valence-electron chi connectivity index (χ0n) is 9.66. The van der Waals surface area contributed by atoms with Crippen molar-refractivity contribution in [1.29, 1.82) is 0 Å². The highest BCUT2D eigenvalue weighted by Crippen LogP contribution is 2.07. The number of nitrogens with zero attached hydrogens (tertiary/aromatic N) is 2. The maximum atomic E-state index is 5.14. The summed E-state index contributed by atoms with van der Waals surface area (Å²) in [4.78, 5) is 8.59. The fourth-order valence-electron chi connectivity index (χ4n) is 1.29. The van der Waals surface area contributed by atoms with Crippen LogP contribution in [-0.2, 0) is 4.74 Å². The lowest BCUT2D eigenvalue weighted by Crippen LogP contribution is -2.27. The number of hydrogen-bond acceptors (Lipinski definition) is 4. The molecule has 1 aromatic heterocycles. The van der Waals surface area contributed by atoms with Crippen molar-refractivity contribution in [2.75, 3.05) is 20.3 Å². The Labute approximate surface area is 91.1 Å². The van der Waals surface area contributed by atoms with E-state index in [1.54, 1.807) is 7.11 Å². The first-order valence-corrected chi connectivity index (χ1v) is 5.28. The molecule has 0 aliphatic rings. The van der Waals surface area contributed by atoms with Crippen molar-refractivity contribution in [3.05, 3.63) is 23.8 Å². The molecule has 1 aromatic rings. The minimum Gasteiger partial charge on any atom is -0.383 e. The molecule has 0 saturated carbocycles. The van der Waals surface area contributed by atoms with Gasteiger partial charge in [0.2, 0.25) is 0 Å². The summed E-state index contributed by atoms with van der Waals surface area (Å²) in [6.07, 6.45) is 4.75. The Bertz CT molecular complexity index is 274. The van der Waals surface area contributed by atoms with Gasteiger partial charge < -0.3 is 10.1 Å². The van der Waals surface area contributed by atoms with Gasteiger partial charge in [0.05, 0.1) is 12.6 Å². The molecule has 0 radical (unpaired) electrons. The largest absolute Gasteiger partial charge is 0.383 e. The number of aromatic nitrogens is 2. The van der Waals surface area contributed by atoms with Crippen molar-refractivity contribution in [2.24, 2.45) is 0 Å². The fourth-order valence-corrected chi connectivity index (χ4v) is 1.29. The van der Waals surface area contributed by atoms with Gasteiger partial charge in [-0.2, -0.15) is 0 Å². The van der Waals surface area contributed by atoms with Crippen LogP contribution < -0.4 is 5.32 Å². The quantitative estimate of drug-likeness (QED) is 0.770. The van der Waals surface area contributed by atoms with E-state index in [1.165, 1.54) is 0 Å². The first kappa shape index (κ1) is 12.1. The van der Waals surface area contributed by atoms with Crippen molar-refractivity contribution < 1.29 is 4.74 Å². The molecule has 0 bridgehead atoms. The highest BCUT2D eigenvalue weighted by Gasteiger charge is 2.12. The molecular formula is C11H19N3O. The van der Waals surface area contributed by atoms with Crippen LogP contribution in [0.4, 0.5) is 0 Å². The topological polar surface area (TPSA) is 47.0 Å². The second-order valence-electron chi connectivity index (χ2n) is 3.58. The predicted octanol–water partition coefficient (Wildman–Crippen LogP) is 1.47. The highest BCUT2D eigenvalue weighted by atomic mass is 16.5. The van der Waals surface area contributed by atoms with Gasteiger partial charge >= 0.3 is 0 Å². The molecule has 4 heteroatoms. The van der Waals surface area contributed by atoms with Gasteiger partial charge in [-0.25, -0.2) is 9.97 Å². The summed E-state index contributed by atoms with van der Waals surface area (Å²) in [6.45, 7) is 5.66. The van der Waals surface area contributed by atoms with Crippen LogP contribution in [0.1, 0.15) is 30.8 Å². The summed E-state index contributed by atoms with van der Waals surface area (Å²) in [5, 5.41) is 3.36. The van der Waals surface area contributed by atoms with Gasteiger partial charge in [0.1, 0.15) is 5.82 Å². The lowest BCUT2D eigenvalue weighted by molar-refractivity contribution is 0.163. The SMILES string of the molecule is CCCNC(COC)c1ncc(C)cn1. The van der Waals surface area contributed by atoms with E-state index in [2.05, 4.69) is 22.2 Å². The molecule has 1 heterocycles. The van der Waals surface area contributed by atoms with Crippen molar-refractivity contribution in [2.45, 2.75) is 26.3 Å². The minimum absolute atomic E-state index is 0.0931. The molecule has 0 amide bonds. The Kier molecular flexibility index (Phi) is 5.21. The molecule has 15 heavy (non-hydrogen) atoms. The smallest absolute Gasteiger partial charge is 0.147 e. The van der Waals surface area contributed by atoms with Crippen molar-refractivity contribution in [3.8, 4) is 0 Å². The third kappa shape index (κ3) is 3.93. The normalized spacial score (nSPS) is 12.7. The molecule has 1 unspecified atom stereocenters. The van der Waals surface area contributed by atoms with Crippen molar-refractivity contribution in [3.63, 3.8) is 0 Å². The lowest BCUT2D eigenvalue weighted by Gasteiger charge is -2.15. The molecular weight excluding hydrogens is 190 g/mol. The van der Waals surface area contributed by atoms with Crippen LogP contribution >= 0.6 is 0 Å². The van der Waals surface area contributed by atoms with Crippen LogP contribution in [0.25, 0.3) is 0 Å². The van der Waals surface area contributed by atoms with Gasteiger partial charge in [0, 0.05) is 19.5 Å². The first-order chi connectivity index (χ1) is 7.27. The van der Waals surface area contributed by atoms with E-state index < -0.39 is 0 Å². The number of ether oxygens (including phenoxy) is 1. The summed E-state index contributed by atoms with van der Waals surface area (Å²) >= 11 is 0. The molecule has 1 atom stereocenters. The minimum atomic E-state index is 0.0931. The van der Waals surface area contributed by atoms with E-state index in [4.69, 9.17) is 4.74 Å². The number of nitrogens with one attached hydrogen (secondary N) is 1. The maximum absolute atomic E-state index is 5.14. The Morgan fingerprint density at radius 3 is 2.60 bits per heavy atom. The molecule has 1 N–H and O–H groups in total. The third-order valence-electron chi connectivity index (χ3n) is 2.09. The second-order valence-corrected chi connectivity index (χ2v) is 3.58. The molecule has 4 nitrogen and oxygen atoms in total. The van der Waals surface area contributed by atoms with E-state index in [9.17, 15) is 0 Å². The van der Waals surface area contributed by atoms with Crippen LogP contribution in [0.2, 0.25) is 0 Å². The molecule has 0 spiro atoms. The molecule has 0 aromatic carbocycles. The van der Waals surface area contributed by atoms with Gasteiger partial charge in [-0.1, -0.05) is 6.92 Å². The van der Waals surface area contributed by atoms with Gasteiger partial charge in [0.25, 0.3) is 0 Å². The van der Waals surface area contributed by atoms with Crippen molar-refractivity contribution >= 4 is 0 Å². The highest BCUT2D eigenvalue weighted by molar-refractivity contribution is 5.04. The van der Waals surface area contributed by atoms with E-state index >= 15 is 0 Å². The molecule has 1 rings (SSSR count). The molecule has 0 aliphatic carbocycles. The van der Waals surface area contributed by atoms with E-state index in [1.807, 2.05) is 19.3 Å². The Balaban J connectivity index is 2.65. The van der Waals surface area contributed by atoms with E-state index in [0.29, 0.717) is 6.61 Å². The second kappa shape index (κ2) is 6.48. The molecule has 0 aliphatic heterocycles. The Morgan fingerprint density at radius 2 is 2.07 bits per heavy atom. The molecule has 84 valence electrons. The predicted molar refractivity (Wildman–Crippen MR) is 59.7 cm³/mol. The van der Waals surface area contributed by atoms with Crippen LogP contribution in [0.15, 0.2) is 12.4 Å². The third-order valence-corrected chi connectivity index (χ3v) is 2.09. The standard InChI is InChI=1S/C11H19N3O/c1-4-5-12-10(8-15-3)11-13-6-9(2)7-14-11/h6-7,10,12H,4-5,8H2,1-3H3. The summed E-state index contributed by atoms with van der Waals surface area (Å²) in [7, 11) is 1.69. The van der Waals surface area contributed by atoms with E-state index in [0.717, 1.165) is 24.4 Å². The van der Waals surface area contributed by atoms with Gasteiger partial charge in [-0.15, -0.1) is 0 Å². The number of hydrogen-bond donors (Lipinski definition) is 1. The average Bonchev–Trinajstić information content (AvgIpc) is 2.25. The zero-order valence-corrected chi connectivity index (χ0v) is 9.66. The van der Waals surface area contributed by atoms with E-state index in [-0.39, 0.29) is 6.04 Å². The Morgan fingerprint density at radius 1 is 1.40 bits per heavy atom. The summed E-state index contributed by atoms with van der Waals surface area (Å²) in [6, 6.07) is 0.0931. The monoisotopic (exact) mass is 209 g/mol. The van der Waals surface area contributed by atoms with Crippen molar-refractivity contribution in [1.82, 2.24) is 15.3 Å². The molecule has 0 fully saturated rings. The zero-order chi connectivity index (χ0) is 11.1. The van der Waals surface area contributed by atoms with Crippen LogP contribution in [0, 0.1) is 6.92 Å². The van der Waals surface area contributed by atoms with Crippen LogP contribution in [0.5, 0.6) is 0 Å². The maximum Gasteiger partial charge on any atom is 0.147 e.